The van der Waals surface area contributed by atoms with Crippen molar-refractivity contribution in [3.8, 4) is 17.3 Å². The van der Waals surface area contributed by atoms with Crippen LogP contribution < -0.4 is 4.74 Å². The van der Waals surface area contributed by atoms with Crippen molar-refractivity contribution in [1.29, 1.82) is 0 Å². The number of rotatable bonds is 3. The topological polar surface area (TPSA) is 31.4 Å². The Hall–Kier alpha value is -3.62. The van der Waals surface area contributed by atoms with Gasteiger partial charge < -0.3 is 4.74 Å². The Morgan fingerprint density at radius 1 is 0.879 bits per heavy atom. The number of aromatic nitrogens is 2. The van der Waals surface area contributed by atoms with E-state index in [1.54, 1.807) is 12.1 Å². The molecule has 0 radical (unpaired) electrons. The van der Waals surface area contributed by atoms with Crippen molar-refractivity contribution >= 4 is 43.4 Å². The Morgan fingerprint density at radius 3 is 2.45 bits per heavy atom. The monoisotopic (exact) mass is 495 g/mol. The molecule has 0 saturated heterocycles. The number of nitrogens with zero attached hydrogens (tertiary/aromatic N) is 3. The molecule has 5 rings (SSSR count). The molecule has 0 aliphatic heterocycles. The molecule has 5 aromatic rings. The van der Waals surface area contributed by atoms with Gasteiger partial charge in [0.05, 0.1) is 17.6 Å². The number of hydrogen-bond donors (Lipinski definition) is 0. The van der Waals surface area contributed by atoms with Crippen molar-refractivity contribution in [1.82, 2.24) is 9.55 Å². The molecular formula is C28H22BrN3O. The average Bonchev–Trinajstić information content (AvgIpc) is 3.12. The van der Waals surface area contributed by atoms with Gasteiger partial charge in [-0.2, -0.15) is 0 Å². The molecule has 0 saturated carbocycles. The van der Waals surface area contributed by atoms with Gasteiger partial charge >= 0.3 is 0 Å². The first-order valence-electron chi connectivity index (χ1n) is 10.7. The molecule has 0 bridgehead atoms. The van der Waals surface area contributed by atoms with Crippen LogP contribution in [-0.4, -0.2) is 9.55 Å². The minimum Gasteiger partial charge on any atom is -0.459 e. The summed E-state index contributed by atoms with van der Waals surface area (Å²) in [4.78, 5) is 8.25. The highest BCUT2D eigenvalue weighted by Gasteiger charge is 2.18. The fourth-order valence-electron chi connectivity index (χ4n) is 4.08. The molecule has 33 heavy (non-hydrogen) atoms. The zero-order valence-electron chi connectivity index (χ0n) is 18.6. The molecule has 0 amide bonds. The Morgan fingerprint density at radius 2 is 1.67 bits per heavy atom. The van der Waals surface area contributed by atoms with Gasteiger partial charge in [-0.25, -0.2) is 9.83 Å². The predicted octanol–water partition coefficient (Wildman–Crippen LogP) is 8.58. The van der Waals surface area contributed by atoms with Crippen LogP contribution in [0.4, 0.5) is 5.69 Å². The number of ether oxygens (including phenoxy) is 1. The van der Waals surface area contributed by atoms with E-state index in [1.165, 1.54) is 10.9 Å². The molecule has 2 heterocycles. The Labute approximate surface area is 201 Å². The summed E-state index contributed by atoms with van der Waals surface area (Å²) in [5.74, 6) is 2.20. The van der Waals surface area contributed by atoms with Crippen molar-refractivity contribution in [2.75, 3.05) is 0 Å². The molecule has 0 N–H and O–H groups in total. The summed E-state index contributed by atoms with van der Waals surface area (Å²) in [5, 5.41) is 2.30. The molecule has 5 heteroatoms. The lowest BCUT2D eigenvalue weighted by Gasteiger charge is -2.20. The zero-order chi connectivity index (χ0) is 23.2. The second-order valence-corrected chi connectivity index (χ2v) is 9.96. The third-order valence-electron chi connectivity index (χ3n) is 5.71. The molecule has 2 aromatic heterocycles. The first-order chi connectivity index (χ1) is 15.8. The van der Waals surface area contributed by atoms with Gasteiger partial charge in [-0.15, -0.1) is 0 Å². The normalized spacial score (nSPS) is 11.6. The average molecular weight is 496 g/mol. The van der Waals surface area contributed by atoms with Crippen molar-refractivity contribution in [2.45, 2.75) is 26.2 Å². The molecule has 162 valence electrons. The highest BCUT2D eigenvalue weighted by molar-refractivity contribution is 9.10. The van der Waals surface area contributed by atoms with E-state index in [-0.39, 0.29) is 5.41 Å². The van der Waals surface area contributed by atoms with Crippen LogP contribution >= 0.6 is 15.9 Å². The van der Waals surface area contributed by atoms with Crippen molar-refractivity contribution in [3.63, 3.8) is 0 Å². The SMILES string of the molecule is [C-]#[N+]c1cc(Br)cc(Oc2ccc3c4ccccc4n(-c4cc(C(C)(C)C)ccn4)c3c2)c1. The van der Waals surface area contributed by atoms with Crippen molar-refractivity contribution in [2.24, 2.45) is 0 Å². The smallest absolute Gasteiger partial charge is 0.192 e. The Bertz CT molecular complexity index is 1550. The minimum absolute atomic E-state index is 0.0199. The number of para-hydroxylation sites is 1. The van der Waals surface area contributed by atoms with E-state index in [2.05, 4.69) is 88.6 Å². The van der Waals surface area contributed by atoms with Crippen LogP contribution in [0.25, 0.3) is 32.5 Å². The van der Waals surface area contributed by atoms with E-state index in [1.807, 2.05) is 24.4 Å². The highest BCUT2D eigenvalue weighted by atomic mass is 79.9. The predicted molar refractivity (Wildman–Crippen MR) is 138 cm³/mol. The molecule has 0 atom stereocenters. The summed E-state index contributed by atoms with van der Waals surface area (Å²) in [6.07, 6.45) is 1.88. The molecule has 4 nitrogen and oxygen atoms in total. The second-order valence-electron chi connectivity index (χ2n) is 9.04. The summed E-state index contributed by atoms with van der Waals surface area (Å²) < 4.78 is 9.17. The maximum absolute atomic E-state index is 7.31. The molecule has 0 fully saturated rings. The summed E-state index contributed by atoms with van der Waals surface area (Å²) in [7, 11) is 0. The molecule has 0 unspecified atom stereocenters. The number of fused-ring (bicyclic) bond motifs is 3. The third kappa shape index (κ3) is 3.99. The molecule has 0 aliphatic rings. The van der Waals surface area contributed by atoms with Crippen LogP contribution in [0.15, 0.2) is 83.5 Å². The Kier molecular flexibility index (Phi) is 5.19. The van der Waals surface area contributed by atoms with Gasteiger partial charge in [0.25, 0.3) is 0 Å². The maximum atomic E-state index is 7.31. The standard InChI is InChI=1S/C28H22BrN3O/c1-28(2,3)18-11-12-31-27(13-18)32-25-8-6-5-7-23(25)24-10-9-21(17-26(24)32)33-22-15-19(29)14-20(16-22)30-4/h5-17H,1-3H3. The van der Waals surface area contributed by atoms with E-state index >= 15 is 0 Å². The van der Waals surface area contributed by atoms with Gasteiger partial charge in [0, 0.05) is 27.5 Å². The first-order valence-corrected chi connectivity index (χ1v) is 11.5. The van der Waals surface area contributed by atoms with Gasteiger partial charge in [0.2, 0.25) is 0 Å². The number of pyridine rings is 1. The highest BCUT2D eigenvalue weighted by Crippen LogP contribution is 2.36. The molecular weight excluding hydrogens is 474 g/mol. The van der Waals surface area contributed by atoms with E-state index in [0.717, 1.165) is 26.7 Å². The van der Waals surface area contributed by atoms with Crippen molar-refractivity contribution in [3.05, 3.63) is 100 Å². The summed E-state index contributed by atoms with van der Waals surface area (Å²) in [6, 6.07) is 24.1. The fraction of sp³-hybridized carbons (Fsp3) is 0.143. The molecule has 3 aromatic carbocycles. The van der Waals surface area contributed by atoms with Crippen LogP contribution in [0.5, 0.6) is 11.5 Å². The largest absolute Gasteiger partial charge is 0.459 e. The quantitative estimate of drug-likeness (QED) is 0.234. The van der Waals surface area contributed by atoms with E-state index in [4.69, 9.17) is 16.3 Å². The number of hydrogen-bond acceptors (Lipinski definition) is 2. The van der Waals surface area contributed by atoms with E-state index in [0.29, 0.717) is 17.2 Å². The van der Waals surface area contributed by atoms with Gasteiger partial charge in [-0.05, 0) is 59.5 Å². The number of benzene rings is 3. The molecule has 0 aliphatic carbocycles. The second kappa shape index (κ2) is 8.06. The van der Waals surface area contributed by atoms with E-state index in [9.17, 15) is 0 Å². The summed E-state index contributed by atoms with van der Waals surface area (Å²) in [5.41, 5.74) is 3.89. The van der Waals surface area contributed by atoms with Gasteiger partial charge in [0.15, 0.2) is 5.69 Å². The molecule has 0 spiro atoms. The summed E-state index contributed by atoms with van der Waals surface area (Å²) >= 11 is 3.46. The lowest BCUT2D eigenvalue weighted by Crippen LogP contribution is -2.12. The zero-order valence-corrected chi connectivity index (χ0v) is 20.2. The fourth-order valence-corrected chi connectivity index (χ4v) is 4.54. The van der Waals surface area contributed by atoms with Crippen LogP contribution in [0.2, 0.25) is 0 Å². The van der Waals surface area contributed by atoms with Gasteiger partial charge in [-0.3, -0.25) is 4.57 Å². The van der Waals surface area contributed by atoms with Gasteiger partial charge in [0.1, 0.15) is 17.3 Å². The van der Waals surface area contributed by atoms with Crippen LogP contribution in [-0.2, 0) is 5.41 Å². The Balaban J connectivity index is 1.70. The summed E-state index contributed by atoms with van der Waals surface area (Å²) in [6.45, 7) is 13.9. The minimum atomic E-state index is 0.0199. The first kappa shape index (κ1) is 21.2. The lowest BCUT2D eigenvalue weighted by atomic mass is 9.88. The third-order valence-corrected chi connectivity index (χ3v) is 6.16. The van der Waals surface area contributed by atoms with Crippen LogP contribution in [0, 0.1) is 6.57 Å². The number of halogens is 1. The lowest BCUT2D eigenvalue weighted by molar-refractivity contribution is 0.483. The van der Waals surface area contributed by atoms with E-state index < -0.39 is 0 Å². The maximum Gasteiger partial charge on any atom is 0.192 e. The van der Waals surface area contributed by atoms with Crippen LogP contribution in [0.1, 0.15) is 26.3 Å². The van der Waals surface area contributed by atoms with Gasteiger partial charge in [-0.1, -0.05) is 54.9 Å². The van der Waals surface area contributed by atoms with Crippen molar-refractivity contribution < 1.29 is 4.74 Å². The van der Waals surface area contributed by atoms with Crippen LogP contribution in [0.3, 0.4) is 0 Å².